The second-order valence-corrected chi connectivity index (χ2v) is 26.8. The maximum atomic E-state index is 16.1. The van der Waals surface area contributed by atoms with Gasteiger partial charge >= 0.3 is 0 Å². The molecule has 0 aliphatic carbocycles. The summed E-state index contributed by atoms with van der Waals surface area (Å²) in [4.78, 5) is 11.8. The molecule has 8 rings (SSSR count). The van der Waals surface area contributed by atoms with Crippen LogP contribution in [0.2, 0.25) is 39.3 Å². The van der Waals surface area contributed by atoms with Crippen molar-refractivity contribution < 1.29 is 8.78 Å². The molecular weight excluding hydrogens is 737 g/mol. The Labute approximate surface area is 336 Å². The SMILES string of the molecule is C[Si](C)(C)c1cnc(-c2cc(F)cc(N(c3cc(F)cc(-c4cc(-c5ccccc5)c([Si](C)(C)C)cn4)c3)c3cccc4ccccc34)c2)cc1-c1ccccc1. The largest absolute Gasteiger partial charge is 0.310 e. The van der Waals surface area contributed by atoms with Gasteiger partial charge in [0.2, 0.25) is 0 Å². The molecule has 0 aliphatic heterocycles. The van der Waals surface area contributed by atoms with Gasteiger partial charge in [-0.15, -0.1) is 0 Å². The first-order valence-electron chi connectivity index (χ1n) is 19.4. The number of pyridine rings is 2. The van der Waals surface area contributed by atoms with Gasteiger partial charge in [0.25, 0.3) is 0 Å². The highest BCUT2D eigenvalue weighted by Gasteiger charge is 2.25. The molecule has 3 nitrogen and oxygen atoms in total. The van der Waals surface area contributed by atoms with Crippen molar-refractivity contribution in [3.8, 4) is 44.8 Å². The summed E-state index contributed by atoms with van der Waals surface area (Å²) in [5.74, 6) is -0.837. The van der Waals surface area contributed by atoms with Crippen molar-refractivity contribution in [3.63, 3.8) is 0 Å². The number of benzene rings is 6. The molecule has 0 spiro atoms. The summed E-state index contributed by atoms with van der Waals surface area (Å²) in [6.07, 6.45) is 3.94. The monoisotopic (exact) mass is 781 g/mol. The number of hydrogen-bond donors (Lipinski definition) is 0. The van der Waals surface area contributed by atoms with E-state index in [2.05, 4.69) is 87.8 Å². The summed E-state index contributed by atoms with van der Waals surface area (Å²) in [6, 6.07) is 48.9. The fraction of sp³-hybridized carbons (Fsp3) is 0.120. The van der Waals surface area contributed by atoms with Crippen LogP contribution in [0.25, 0.3) is 55.5 Å². The molecule has 0 fully saturated rings. The van der Waals surface area contributed by atoms with E-state index in [0.717, 1.165) is 38.7 Å². The maximum absolute atomic E-state index is 16.1. The van der Waals surface area contributed by atoms with Crippen LogP contribution in [0.5, 0.6) is 0 Å². The molecule has 0 atom stereocenters. The third-order valence-corrected chi connectivity index (χ3v) is 14.5. The van der Waals surface area contributed by atoms with Crippen molar-refractivity contribution in [2.24, 2.45) is 0 Å². The minimum absolute atomic E-state index is 0.419. The van der Waals surface area contributed by atoms with Gasteiger partial charge in [-0.3, -0.25) is 9.97 Å². The first-order valence-corrected chi connectivity index (χ1v) is 26.4. The molecule has 0 saturated carbocycles. The second kappa shape index (κ2) is 15.1. The molecule has 282 valence electrons. The lowest BCUT2D eigenvalue weighted by atomic mass is 10.0. The lowest BCUT2D eigenvalue weighted by Crippen LogP contribution is -2.39. The van der Waals surface area contributed by atoms with Crippen LogP contribution in [0, 0.1) is 11.6 Å². The van der Waals surface area contributed by atoms with Gasteiger partial charge in [-0.1, -0.05) is 136 Å². The van der Waals surface area contributed by atoms with Crippen LogP contribution in [-0.4, -0.2) is 26.1 Å². The first-order chi connectivity index (χ1) is 27.3. The summed E-state index contributed by atoms with van der Waals surface area (Å²) in [6.45, 7) is 13.9. The van der Waals surface area contributed by atoms with Crippen LogP contribution in [0.1, 0.15) is 0 Å². The Morgan fingerprint density at radius 3 is 1.35 bits per heavy atom. The van der Waals surface area contributed by atoms with Gasteiger partial charge in [-0.25, -0.2) is 8.78 Å². The van der Waals surface area contributed by atoms with Gasteiger partial charge in [0.1, 0.15) is 11.6 Å². The molecule has 2 heterocycles. The first kappa shape index (κ1) is 37.9. The smallest absolute Gasteiger partial charge is 0.125 e. The highest BCUT2D eigenvalue weighted by molar-refractivity contribution is 6.90. The van der Waals surface area contributed by atoms with Gasteiger partial charge < -0.3 is 4.90 Å². The van der Waals surface area contributed by atoms with E-state index < -0.39 is 27.8 Å². The zero-order chi connectivity index (χ0) is 39.9. The summed E-state index contributed by atoms with van der Waals surface area (Å²) >= 11 is 0. The van der Waals surface area contributed by atoms with E-state index in [4.69, 9.17) is 9.97 Å². The zero-order valence-electron chi connectivity index (χ0n) is 33.2. The van der Waals surface area contributed by atoms with E-state index in [0.29, 0.717) is 33.9 Å². The number of nitrogens with zero attached hydrogens (tertiary/aromatic N) is 3. The fourth-order valence-corrected chi connectivity index (χ4v) is 10.6. The highest BCUT2D eigenvalue weighted by Crippen LogP contribution is 2.42. The van der Waals surface area contributed by atoms with E-state index >= 15 is 8.78 Å². The van der Waals surface area contributed by atoms with Crippen LogP contribution < -0.4 is 15.3 Å². The average molecular weight is 782 g/mol. The number of fused-ring (bicyclic) bond motifs is 1. The number of anilines is 3. The predicted octanol–water partition coefficient (Wildman–Crippen LogP) is 13.1. The molecule has 0 N–H and O–H groups in total. The standard InChI is InChI=1S/C50H45F2N3Si2/c1-56(2,3)49-32-53-46(30-44(49)35-16-9-7-10-17-35)37-24-39(51)28-41(26-37)55(48-23-15-21-34-20-13-14-22-43(34)48)42-27-38(25-40(52)29-42)47-31-45(36-18-11-8-12-19-36)50(33-54-47)57(4,5)6/h7-33H,1-6H3. The molecular formula is C50H45F2N3Si2. The fourth-order valence-electron chi connectivity index (χ4n) is 7.67. The lowest BCUT2D eigenvalue weighted by Gasteiger charge is -2.28. The molecule has 0 amide bonds. The molecule has 57 heavy (non-hydrogen) atoms. The van der Waals surface area contributed by atoms with Crippen molar-refractivity contribution in [1.29, 1.82) is 0 Å². The minimum atomic E-state index is -1.80. The molecule has 0 aliphatic rings. The maximum Gasteiger partial charge on any atom is 0.125 e. The summed E-state index contributed by atoms with van der Waals surface area (Å²) in [5, 5.41) is 4.44. The molecule has 0 unspecified atom stereocenters. The Balaban J connectivity index is 1.33. The number of halogens is 2. The minimum Gasteiger partial charge on any atom is -0.310 e. The van der Waals surface area contributed by atoms with Crippen LogP contribution in [-0.2, 0) is 0 Å². The third-order valence-electron chi connectivity index (χ3n) is 10.5. The van der Waals surface area contributed by atoms with E-state index in [1.165, 1.54) is 34.6 Å². The molecule has 0 radical (unpaired) electrons. The molecule has 8 aromatic rings. The summed E-state index contributed by atoms with van der Waals surface area (Å²) < 4.78 is 32.3. The van der Waals surface area contributed by atoms with Gasteiger partial charge in [-0.05, 0) is 92.6 Å². The van der Waals surface area contributed by atoms with Crippen molar-refractivity contribution in [2.75, 3.05) is 4.90 Å². The molecule has 7 heteroatoms. The quantitative estimate of drug-likeness (QED) is 0.137. The Hall–Kier alpha value is -6.03. The molecule has 0 saturated heterocycles. The number of rotatable bonds is 9. The van der Waals surface area contributed by atoms with E-state index in [-0.39, 0.29) is 0 Å². The van der Waals surface area contributed by atoms with Crippen LogP contribution in [0.3, 0.4) is 0 Å². The normalized spacial score (nSPS) is 11.9. The Morgan fingerprint density at radius 1 is 0.439 bits per heavy atom. The Morgan fingerprint density at radius 2 is 0.877 bits per heavy atom. The average Bonchev–Trinajstić information content (AvgIpc) is 3.20. The molecule has 0 bridgehead atoms. The van der Waals surface area contributed by atoms with Crippen molar-refractivity contribution >= 4 is 54.4 Å². The van der Waals surface area contributed by atoms with Crippen LogP contribution >= 0.6 is 0 Å². The second-order valence-electron chi connectivity index (χ2n) is 16.7. The van der Waals surface area contributed by atoms with E-state index in [1.807, 2.05) is 96.2 Å². The lowest BCUT2D eigenvalue weighted by molar-refractivity contribution is 0.627. The highest BCUT2D eigenvalue weighted by atomic mass is 28.3. The summed E-state index contributed by atoms with van der Waals surface area (Å²) in [7, 11) is -3.59. The predicted molar refractivity (Wildman–Crippen MR) is 242 cm³/mol. The topological polar surface area (TPSA) is 29.0 Å². The van der Waals surface area contributed by atoms with Gasteiger partial charge in [-0.2, -0.15) is 0 Å². The summed E-state index contributed by atoms with van der Waals surface area (Å²) in [5.41, 5.74) is 8.87. The third kappa shape index (κ3) is 7.86. The van der Waals surface area contributed by atoms with Crippen LogP contribution in [0.15, 0.2) is 164 Å². The number of aromatic nitrogens is 2. The Bertz CT molecular complexity index is 2580. The molecule has 2 aromatic heterocycles. The molecule has 6 aromatic carbocycles. The van der Waals surface area contributed by atoms with Crippen LogP contribution in [0.4, 0.5) is 25.8 Å². The zero-order valence-corrected chi connectivity index (χ0v) is 35.2. The van der Waals surface area contributed by atoms with Crippen molar-refractivity contribution in [3.05, 3.63) is 176 Å². The van der Waals surface area contributed by atoms with Crippen molar-refractivity contribution in [2.45, 2.75) is 39.3 Å². The van der Waals surface area contributed by atoms with E-state index in [1.54, 1.807) is 0 Å². The van der Waals surface area contributed by atoms with Crippen molar-refractivity contribution in [1.82, 2.24) is 9.97 Å². The number of hydrogen-bond acceptors (Lipinski definition) is 3. The Kier molecular flexibility index (Phi) is 10.1. The van der Waals surface area contributed by atoms with Gasteiger partial charge in [0.05, 0.1) is 33.2 Å². The van der Waals surface area contributed by atoms with E-state index in [9.17, 15) is 0 Å². The van der Waals surface area contributed by atoms with Gasteiger partial charge in [0, 0.05) is 40.3 Å². The van der Waals surface area contributed by atoms with Gasteiger partial charge in [0.15, 0.2) is 0 Å².